The number of nitrogens with zero attached hydrogens (tertiary/aromatic N) is 4. The predicted octanol–water partition coefficient (Wildman–Crippen LogP) is 3.28. The van der Waals surface area contributed by atoms with Crippen molar-refractivity contribution in [1.29, 1.82) is 0 Å². The van der Waals surface area contributed by atoms with Crippen LogP contribution in [0, 0.1) is 13.8 Å². The summed E-state index contributed by atoms with van der Waals surface area (Å²) in [5, 5.41) is 7.01. The number of rotatable bonds is 4. The Morgan fingerprint density at radius 3 is 2.57 bits per heavy atom. The van der Waals surface area contributed by atoms with Crippen LogP contribution in [0.3, 0.4) is 0 Å². The number of benzene rings is 1. The van der Waals surface area contributed by atoms with Gasteiger partial charge in [0.1, 0.15) is 0 Å². The van der Waals surface area contributed by atoms with Gasteiger partial charge in [-0.25, -0.2) is 4.98 Å². The molecule has 0 bridgehead atoms. The van der Waals surface area contributed by atoms with Gasteiger partial charge in [0, 0.05) is 29.9 Å². The zero-order chi connectivity index (χ0) is 16.4. The molecular formula is C17H18N4OS. The van der Waals surface area contributed by atoms with E-state index in [1.165, 1.54) is 11.3 Å². The number of aryl methyl sites for hydroxylation is 2. The van der Waals surface area contributed by atoms with E-state index in [1.807, 2.05) is 48.2 Å². The van der Waals surface area contributed by atoms with Crippen LogP contribution in [0.5, 0.6) is 0 Å². The molecule has 1 aromatic carbocycles. The molecule has 118 valence electrons. The molecule has 0 aliphatic carbocycles. The molecule has 2 aromatic heterocycles. The van der Waals surface area contributed by atoms with Gasteiger partial charge in [-0.05, 0) is 37.6 Å². The zero-order valence-electron chi connectivity index (χ0n) is 13.4. The SMILES string of the molecule is Cc1cc(C)n(Cc2ccc(C(=O)N(C)c3nccs3)cc2)n1. The molecule has 0 spiro atoms. The summed E-state index contributed by atoms with van der Waals surface area (Å²) in [4.78, 5) is 18.2. The minimum absolute atomic E-state index is 0.0578. The molecule has 5 nitrogen and oxygen atoms in total. The monoisotopic (exact) mass is 326 g/mol. The van der Waals surface area contributed by atoms with Crippen LogP contribution in [-0.2, 0) is 6.54 Å². The average Bonchev–Trinajstić information content (AvgIpc) is 3.17. The first kappa shape index (κ1) is 15.4. The second-order valence-electron chi connectivity index (χ2n) is 5.46. The van der Waals surface area contributed by atoms with E-state index < -0.39 is 0 Å². The first-order valence-electron chi connectivity index (χ1n) is 7.32. The van der Waals surface area contributed by atoms with Gasteiger partial charge in [-0.3, -0.25) is 14.4 Å². The minimum atomic E-state index is -0.0578. The second kappa shape index (κ2) is 6.34. The van der Waals surface area contributed by atoms with Crippen LogP contribution in [-0.4, -0.2) is 27.7 Å². The van der Waals surface area contributed by atoms with Gasteiger partial charge in [-0.1, -0.05) is 12.1 Å². The van der Waals surface area contributed by atoms with Crippen molar-refractivity contribution in [3.05, 3.63) is 64.4 Å². The molecule has 0 saturated heterocycles. The van der Waals surface area contributed by atoms with E-state index in [0.717, 1.165) is 17.0 Å². The van der Waals surface area contributed by atoms with Crippen LogP contribution in [0.25, 0.3) is 0 Å². The first-order chi connectivity index (χ1) is 11.0. The maximum atomic E-state index is 12.4. The van der Waals surface area contributed by atoms with Crippen LogP contribution in [0.2, 0.25) is 0 Å². The van der Waals surface area contributed by atoms with Crippen LogP contribution in [0.15, 0.2) is 41.9 Å². The van der Waals surface area contributed by atoms with Gasteiger partial charge in [-0.2, -0.15) is 5.10 Å². The van der Waals surface area contributed by atoms with Gasteiger partial charge in [0.2, 0.25) is 0 Å². The minimum Gasteiger partial charge on any atom is -0.287 e. The van der Waals surface area contributed by atoms with Crippen molar-refractivity contribution < 1.29 is 4.79 Å². The lowest BCUT2D eigenvalue weighted by Crippen LogP contribution is -2.26. The largest absolute Gasteiger partial charge is 0.287 e. The van der Waals surface area contributed by atoms with Crippen molar-refractivity contribution in [3.8, 4) is 0 Å². The summed E-state index contributed by atoms with van der Waals surface area (Å²) in [6.07, 6.45) is 1.70. The normalized spacial score (nSPS) is 10.7. The summed E-state index contributed by atoms with van der Waals surface area (Å²) in [7, 11) is 1.74. The molecule has 0 aliphatic rings. The Bertz CT molecular complexity index is 806. The molecule has 1 amide bonds. The Hall–Kier alpha value is -2.47. The average molecular weight is 326 g/mol. The molecule has 0 fully saturated rings. The number of hydrogen-bond donors (Lipinski definition) is 0. The van der Waals surface area contributed by atoms with E-state index in [2.05, 4.69) is 16.1 Å². The molecule has 23 heavy (non-hydrogen) atoms. The first-order valence-corrected chi connectivity index (χ1v) is 8.20. The van der Waals surface area contributed by atoms with Crippen molar-refractivity contribution in [2.45, 2.75) is 20.4 Å². The van der Waals surface area contributed by atoms with Gasteiger partial charge in [0.15, 0.2) is 5.13 Å². The summed E-state index contributed by atoms with van der Waals surface area (Å²) >= 11 is 1.45. The molecule has 0 aliphatic heterocycles. The standard InChI is InChI=1S/C17H18N4OS/c1-12-10-13(2)21(19-12)11-14-4-6-15(7-5-14)16(22)20(3)17-18-8-9-23-17/h4-10H,11H2,1-3H3. The van der Waals surface area contributed by atoms with Crippen molar-refractivity contribution >= 4 is 22.4 Å². The quantitative estimate of drug-likeness (QED) is 0.739. The molecule has 6 heteroatoms. The van der Waals surface area contributed by atoms with Gasteiger partial charge < -0.3 is 0 Å². The molecular weight excluding hydrogens is 308 g/mol. The van der Waals surface area contributed by atoms with E-state index in [1.54, 1.807) is 18.1 Å². The third-order valence-corrected chi connectivity index (χ3v) is 4.50. The Balaban J connectivity index is 1.74. The van der Waals surface area contributed by atoms with Crippen molar-refractivity contribution in [2.75, 3.05) is 11.9 Å². The number of amides is 1. The Labute approximate surface area is 139 Å². The van der Waals surface area contributed by atoms with E-state index in [-0.39, 0.29) is 5.91 Å². The smallest absolute Gasteiger partial charge is 0.259 e. The highest BCUT2D eigenvalue weighted by Gasteiger charge is 2.15. The van der Waals surface area contributed by atoms with Gasteiger partial charge in [-0.15, -0.1) is 11.3 Å². The number of thiazole rings is 1. The van der Waals surface area contributed by atoms with Crippen molar-refractivity contribution in [2.24, 2.45) is 0 Å². The fourth-order valence-corrected chi connectivity index (χ4v) is 3.03. The molecule has 0 N–H and O–H groups in total. The summed E-state index contributed by atoms with van der Waals surface area (Å²) in [5.74, 6) is -0.0578. The van der Waals surface area contributed by atoms with Gasteiger partial charge in [0.25, 0.3) is 5.91 Å². The molecule has 3 rings (SSSR count). The Morgan fingerprint density at radius 1 is 1.26 bits per heavy atom. The third kappa shape index (κ3) is 3.32. The molecule has 0 saturated carbocycles. The van der Waals surface area contributed by atoms with E-state index in [9.17, 15) is 4.79 Å². The fourth-order valence-electron chi connectivity index (χ4n) is 2.42. The number of hydrogen-bond acceptors (Lipinski definition) is 4. The maximum Gasteiger partial charge on any atom is 0.259 e. The molecule has 3 aromatic rings. The summed E-state index contributed by atoms with van der Waals surface area (Å²) in [5.41, 5.74) is 3.91. The second-order valence-corrected chi connectivity index (χ2v) is 6.33. The zero-order valence-corrected chi connectivity index (χ0v) is 14.2. The summed E-state index contributed by atoms with van der Waals surface area (Å²) in [6, 6.07) is 9.71. The summed E-state index contributed by atoms with van der Waals surface area (Å²) < 4.78 is 1.97. The lowest BCUT2D eigenvalue weighted by molar-refractivity contribution is 0.0993. The van der Waals surface area contributed by atoms with Crippen LogP contribution >= 0.6 is 11.3 Å². The molecule has 0 radical (unpaired) electrons. The maximum absolute atomic E-state index is 12.4. The number of anilines is 1. The topological polar surface area (TPSA) is 51.0 Å². The van der Waals surface area contributed by atoms with Crippen LogP contribution in [0.4, 0.5) is 5.13 Å². The fraction of sp³-hybridized carbons (Fsp3) is 0.235. The highest BCUT2D eigenvalue weighted by Crippen LogP contribution is 2.18. The lowest BCUT2D eigenvalue weighted by atomic mass is 10.1. The predicted molar refractivity (Wildman–Crippen MR) is 92.1 cm³/mol. The van der Waals surface area contributed by atoms with Crippen molar-refractivity contribution in [3.63, 3.8) is 0 Å². The highest BCUT2D eigenvalue weighted by molar-refractivity contribution is 7.13. The molecule has 0 unspecified atom stereocenters. The highest BCUT2D eigenvalue weighted by atomic mass is 32.1. The number of carbonyl (C=O) groups is 1. The summed E-state index contributed by atoms with van der Waals surface area (Å²) in [6.45, 7) is 4.73. The van der Waals surface area contributed by atoms with Crippen molar-refractivity contribution in [1.82, 2.24) is 14.8 Å². The Morgan fingerprint density at radius 2 is 2.00 bits per heavy atom. The van der Waals surface area contributed by atoms with E-state index >= 15 is 0 Å². The molecule has 2 heterocycles. The third-order valence-electron chi connectivity index (χ3n) is 3.65. The van der Waals surface area contributed by atoms with E-state index in [4.69, 9.17) is 0 Å². The lowest BCUT2D eigenvalue weighted by Gasteiger charge is -2.14. The van der Waals surface area contributed by atoms with E-state index in [0.29, 0.717) is 17.2 Å². The van der Waals surface area contributed by atoms with Gasteiger partial charge >= 0.3 is 0 Å². The number of aromatic nitrogens is 3. The molecule has 0 atom stereocenters. The van der Waals surface area contributed by atoms with Gasteiger partial charge in [0.05, 0.1) is 12.2 Å². The number of carbonyl (C=O) groups excluding carboxylic acids is 1. The Kier molecular flexibility index (Phi) is 4.25. The van der Waals surface area contributed by atoms with Crippen LogP contribution < -0.4 is 4.90 Å². The van der Waals surface area contributed by atoms with Crippen LogP contribution in [0.1, 0.15) is 27.3 Å².